The number of hydrogen-bond donors (Lipinski definition) is 1. The van der Waals surface area contributed by atoms with Crippen LogP contribution in [0.4, 0.5) is 23.8 Å². The fourth-order valence-corrected chi connectivity index (χ4v) is 2.79. The van der Waals surface area contributed by atoms with Crippen LogP contribution in [0, 0.1) is 0 Å². The van der Waals surface area contributed by atoms with Crippen LogP contribution in [-0.2, 0) is 20.2 Å². The Morgan fingerprint density at radius 3 is 2.16 bits per heavy atom. The number of ether oxygens (including phenoxy) is 1. The van der Waals surface area contributed by atoms with E-state index in [1.807, 2.05) is 0 Å². The summed E-state index contributed by atoms with van der Waals surface area (Å²) in [5, 5.41) is 13.7. The molecule has 1 N–H and O–H groups in total. The van der Waals surface area contributed by atoms with E-state index >= 15 is 0 Å². The summed E-state index contributed by atoms with van der Waals surface area (Å²) in [4.78, 5) is 11.8. The molecule has 0 aliphatic carbocycles. The van der Waals surface area contributed by atoms with Gasteiger partial charge in [-0.2, -0.15) is 18.3 Å². The first-order valence-electron chi connectivity index (χ1n) is 9.85. The highest BCUT2D eigenvalue weighted by Gasteiger charge is 2.54. The lowest BCUT2D eigenvalue weighted by Gasteiger charge is -2.32. The second kappa shape index (κ2) is 7.73. The van der Waals surface area contributed by atoms with E-state index in [2.05, 4.69) is 20.6 Å². The lowest BCUT2D eigenvalue weighted by atomic mass is 9.79. The van der Waals surface area contributed by atoms with Crippen LogP contribution >= 0.6 is 0 Å². The zero-order valence-corrected chi connectivity index (χ0v) is 18.9. The summed E-state index contributed by atoms with van der Waals surface area (Å²) in [6.45, 7) is 12.1. The van der Waals surface area contributed by atoms with Crippen LogP contribution in [0.2, 0.25) is 0 Å². The number of aromatic nitrogens is 4. The number of hydrogen-bond acceptors (Lipinski definition) is 7. The Morgan fingerprint density at radius 2 is 1.69 bits per heavy atom. The number of alkyl halides is 3. The minimum Gasteiger partial charge on any atom is -0.444 e. The highest BCUT2D eigenvalue weighted by atomic mass is 19.4. The molecule has 0 unspecified atom stereocenters. The van der Waals surface area contributed by atoms with Gasteiger partial charge in [0.1, 0.15) is 5.60 Å². The van der Waals surface area contributed by atoms with Crippen LogP contribution < -0.4 is 10.8 Å². The van der Waals surface area contributed by atoms with Gasteiger partial charge in [-0.15, -0.1) is 10.2 Å². The van der Waals surface area contributed by atoms with E-state index in [4.69, 9.17) is 14.0 Å². The molecule has 0 atom stereocenters. The van der Waals surface area contributed by atoms with Gasteiger partial charge >= 0.3 is 19.4 Å². The van der Waals surface area contributed by atoms with Gasteiger partial charge in [0.15, 0.2) is 17.3 Å². The highest BCUT2D eigenvalue weighted by Crippen LogP contribution is 2.38. The molecular weight excluding hydrogens is 430 g/mol. The molecule has 3 heterocycles. The first kappa shape index (κ1) is 24.0. The Hall–Kier alpha value is -2.67. The molecule has 13 heteroatoms. The van der Waals surface area contributed by atoms with Crippen molar-refractivity contribution < 1.29 is 32.0 Å². The Labute approximate surface area is 183 Å². The van der Waals surface area contributed by atoms with E-state index in [0.717, 1.165) is 10.9 Å². The number of amides is 1. The monoisotopic (exact) mass is 455 g/mol. The lowest BCUT2D eigenvalue weighted by Crippen LogP contribution is -2.41. The molecule has 32 heavy (non-hydrogen) atoms. The van der Waals surface area contributed by atoms with Gasteiger partial charge in [-0.3, -0.25) is 5.32 Å². The summed E-state index contributed by atoms with van der Waals surface area (Å²) >= 11 is 0. The van der Waals surface area contributed by atoms with Crippen LogP contribution in [0.1, 0.15) is 54.2 Å². The molecule has 0 saturated carbocycles. The summed E-state index contributed by atoms with van der Waals surface area (Å²) < 4.78 is 58.6. The first-order chi connectivity index (χ1) is 14.5. The quantitative estimate of drug-likeness (QED) is 0.709. The molecule has 0 spiro atoms. The third kappa shape index (κ3) is 5.04. The van der Waals surface area contributed by atoms with Gasteiger partial charge in [-0.05, 0) is 60.6 Å². The second-order valence-electron chi connectivity index (χ2n) is 9.37. The molecule has 2 aromatic heterocycles. The van der Waals surface area contributed by atoms with Crippen LogP contribution in [0.5, 0.6) is 0 Å². The number of nitrogens with one attached hydrogen (secondary N) is 1. The third-order valence-electron chi connectivity index (χ3n) is 5.03. The Bertz CT molecular complexity index is 984. The van der Waals surface area contributed by atoms with Crippen molar-refractivity contribution in [2.45, 2.75) is 71.4 Å². The van der Waals surface area contributed by atoms with Crippen LogP contribution in [0.15, 0.2) is 18.3 Å². The molecule has 1 amide bonds. The largest absolute Gasteiger partial charge is 0.498 e. The van der Waals surface area contributed by atoms with Gasteiger partial charge in [0.05, 0.1) is 11.2 Å². The van der Waals surface area contributed by atoms with Crippen molar-refractivity contribution in [3.63, 3.8) is 0 Å². The molecule has 1 saturated heterocycles. The van der Waals surface area contributed by atoms with Crippen molar-refractivity contribution in [3.8, 4) is 5.82 Å². The van der Waals surface area contributed by atoms with Gasteiger partial charge in [-0.25, -0.2) is 9.48 Å². The van der Waals surface area contributed by atoms with Crippen LogP contribution in [0.25, 0.3) is 5.82 Å². The highest BCUT2D eigenvalue weighted by molar-refractivity contribution is 6.62. The fraction of sp³-hybridized carbons (Fsp3) is 0.579. The maximum absolute atomic E-state index is 13.7. The second-order valence-corrected chi connectivity index (χ2v) is 9.37. The summed E-state index contributed by atoms with van der Waals surface area (Å²) in [7, 11) is -1.26. The molecule has 9 nitrogen and oxygen atoms in total. The van der Waals surface area contributed by atoms with Gasteiger partial charge in [0.2, 0.25) is 0 Å². The van der Waals surface area contributed by atoms with E-state index in [1.54, 1.807) is 48.5 Å². The molecule has 3 rings (SSSR count). The van der Waals surface area contributed by atoms with Crippen LogP contribution in [0.3, 0.4) is 0 Å². The number of carbonyl (C=O) groups is 1. The van der Waals surface area contributed by atoms with E-state index < -0.39 is 41.9 Å². The number of rotatable bonds is 3. The number of halogens is 3. The van der Waals surface area contributed by atoms with E-state index in [9.17, 15) is 18.0 Å². The van der Waals surface area contributed by atoms with E-state index in [1.165, 1.54) is 12.1 Å². The molecule has 0 radical (unpaired) electrons. The van der Waals surface area contributed by atoms with Crippen molar-refractivity contribution >= 4 is 24.5 Å². The summed E-state index contributed by atoms with van der Waals surface area (Å²) in [5.74, 6) is 0.0744. The van der Waals surface area contributed by atoms with Crippen LogP contribution in [-0.4, -0.2) is 50.0 Å². The number of carbonyl (C=O) groups excluding carboxylic acids is 1. The van der Waals surface area contributed by atoms with Crippen molar-refractivity contribution in [1.29, 1.82) is 0 Å². The molecule has 1 aliphatic rings. The molecular formula is C19H25BF3N5O4. The van der Waals surface area contributed by atoms with Crippen molar-refractivity contribution in [2.75, 3.05) is 5.32 Å². The van der Waals surface area contributed by atoms with E-state index in [0.29, 0.717) is 0 Å². The van der Waals surface area contributed by atoms with Gasteiger partial charge in [0.25, 0.3) is 0 Å². The Morgan fingerprint density at radius 1 is 1.09 bits per heavy atom. The first-order valence-corrected chi connectivity index (χ1v) is 9.85. The average Bonchev–Trinajstić information content (AvgIpc) is 3.13. The van der Waals surface area contributed by atoms with Crippen molar-refractivity contribution in [3.05, 3.63) is 24.0 Å². The molecule has 2 aromatic rings. The topological polar surface area (TPSA) is 100 Å². The summed E-state index contributed by atoms with van der Waals surface area (Å²) in [6, 6.07) is 2.73. The standard InChI is InChI=1S/C19H25BF3N5O4/c1-16(2,3)30-15(29)24-12-8-9-13(26-25-12)28-10-11(14(27-28)19(21,22)23)20-31-17(4,5)18(6,7)32-20/h8-10H,1-7H3,(H,24,25,29). The predicted octanol–water partition coefficient (Wildman–Crippen LogP) is 3.33. The van der Waals surface area contributed by atoms with Gasteiger partial charge in [-0.1, -0.05) is 0 Å². The zero-order valence-electron chi connectivity index (χ0n) is 18.9. The summed E-state index contributed by atoms with van der Waals surface area (Å²) in [6.07, 6.45) is -4.33. The maximum atomic E-state index is 13.7. The average molecular weight is 455 g/mol. The number of anilines is 1. The maximum Gasteiger partial charge on any atom is 0.498 e. The smallest absolute Gasteiger partial charge is 0.444 e. The minimum absolute atomic E-state index is 0.00741. The lowest BCUT2D eigenvalue weighted by molar-refractivity contribution is -0.140. The molecule has 0 aromatic carbocycles. The minimum atomic E-state index is -4.74. The Kier molecular flexibility index (Phi) is 5.79. The normalized spacial score (nSPS) is 18.0. The molecule has 174 valence electrons. The molecule has 1 fully saturated rings. The SMILES string of the molecule is CC(C)(C)OC(=O)Nc1ccc(-n2cc(B3OC(C)(C)C(C)(C)O3)c(C(F)(F)F)n2)nn1. The Balaban J connectivity index is 1.87. The van der Waals surface area contributed by atoms with Crippen molar-refractivity contribution in [2.24, 2.45) is 0 Å². The van der Waals surface area contributed by atoms with Crippen molar-refractivity contribution in [1.82, 2.24) is 20.0 Å². The van der Waals surface area contributed by atoms with Gasteiger partial charge < -0.3 is 14.0 Å². The molecule has 1 aliphatic heterocycles. The predicted molar refractivity (Wildman–Crippen MR) is 110 cm³/mol. The van der Waals surface area contributed by atoms with Gasteiger partial charge in [0, 0.05) is 11.7 Å². The number of nitrogens with zero attached hydrogens (tertiary/aromatic N) is 4. The third-order valence-corrected chi connectivity index (χ3v) is 5.03. The fourth-order valence-electron chi connectivity index (χ4n) is 2.79. The zero-order chi connectivity index (χ0) is 24.1. The summed E-state index contributed by atoms with van der Waals surface area (Å²) in [5.41, 5.74) is -3.76. The van der Waals surface area contributed by atoms with E-state index in [-0.39, 0.29) is 17.1 Å². The molecule has 0 bridgehead atoms.